The third-order valence-corrected chi connectivity index (χ3v) is 1.48. The van der Waals surface area contributed by atoms with Crippen molar-refractivity contribution < 1.29 is 24.9 Å². The van der Waals surface area contributed by atoms with Crippen LogP contribution < -0.4 is 0 Å². The number of hydrogen-bond donors (Lipinski definition) is 3. The van der Waals surface area contributed by atoms with E-state index in [-0.39, 0.29) is 24.9 Å². The molecule has 0 fully saturated rings. The van der Waals surface area contributed by atoms with Gasteiger partial charge in [0.15, 0.2) is 0 Å². The van der Waals surface area contributed by atoms with E-state index in [1.54, 1.807) is 6.92 Å². The van der Waals surface area contributed by atoms with Gasteiger partial charge in [-0.2, -0.15) is 0 Å². The molecule has 0 heterocycles. The Bertz CT molecular complexity index is 292. The van der Waals surface area contributed by atoms with Crippen molar-refractivity contribution in [3.05, 3.63) is 29.8 Å². The SMILES string of the molecule is CCOC(=O)c1ccc(O)cc1.OCCO. The van der Waals surface area contributed by atoms with E-state index < -0.39 is 0 Å². The molecule has 0 amide bonds. The smallest absolute Gasteiger partial charge is 0.338 e. The number of aliphatic hydroxyl groups is 2. The van der Waals surface area contributed by atoms with Crippen LogP contribution in [0.5, 0.6) is 5.75 Å². The molecule has 0 saturated carbocycles. The minimum Gasteiger partial charge on any atom is -0.508 e. The zero-order valence-electron chi connectivity index (χ0n) is 9.09. The summed E-state index contributed by atoms with van der Waals surface area (Å²) >= 11 is 0. The minimum absolute atomic E-state index is 0.125. The lowest BCUT2D eigenvalue weighted by molar-refractivity contribution is 0.0526. The Balaban J connectivity index is 0.000000487. The quantitative estimate of drug-likeness (QED) is 0.657. The first kappa shape index (κ1) is 14.4. The number of ether oxygens (including phenoxy) is 1. The van der Waals surface area contributed by atoms with E-state index in [0.717, 1.165) is 0 Å². The van der Waals surface area contributed by atoms with E-state index in [1.165, 1.54) is 24.3 Å². The Kier molecular flexibility index (Phi) is 7.83. The molecule has 5 nitrogen and oxygen atoms in total. The van der Waals surface area contributed by atoms with Gasteiger partial charge in [0.05, 0.1) is 25.4 Å². The van der Waals surface area contributed by atoms with Crippen LogP contribution in [0.3, 0.4) is 0 Å². The molecule has 0 unspecified atom stereocenters. The lowest BCUT2D eigenvalue weighted by Gasteiger charge is -2.00. The number of hydrogen-bond acceptors (Lipinski definition) is 5. The highest BCUT2D eigenvalue weighted by molar-refractivity contribution is 5.89. The zero-order chi connectivity index (χ0) is 12.4. The molecule has 0 aliphatic heterocycles. The van der Waals surface area contributed by atoms with Gasteiger partial charge in [-0.3, -0.25) is 0 Å². The number of aromatic hydroxyl groups is 1. The summed E-state index contributed by atoms with van der Waals surface area (Å²) in [5.74, 6) is -0.222. The summed E-state index contributed by atoms with van der Waals surface area (Å²) in [6, 6.07) is 5.94. The molecule has 0 bridgehead atoms. The number of rotatable bonds is 3. The summed E-state index contributed by atoms with van der Waals surface area (Å²) in [5, 5.41) is 24.2. The van der Waals surface area contributed by atoms with Crippen LogP contribution in [0.2, 0.25) is 0 Å². The molecule has 1 rings (SSSR count). The van der Waals surface area contributed by atoms with Gasteiger partial charge in [0.25, 0.3) is 0 Å². The highest BCUT2D eigenvalue weighted by Gasteiger charge is 2.04. The van der Waals surface area contributed by atoms with Gasteiger partial charge >= 0.3 is 5.97 Å². The summed E-state index contributed by atoms with van der Waals surface area (Å²) in [6.45, 7) is 1.86. The van der Waals surface area contributed by atoms with Crippen LogP contribution in [0.1, 0.15) is 17.3 Å². The van der Waals surface area contributed by atoms with E-state index in [2.05, 4.69) is 0 Å². The second-order valence-corrected chi connectivity index (χ2v) is 2.71. The number of phenols is 1. The molecule has 16 heavy (non-hydrogen) atoms. The molecule has 1 aromatic rings. The fourth-order valence-electron chi connectivity index (χ4n) is 0.812. The number of carbonyl (C=O) groups excluding carboxylic acids is 1. The van der Waals surface area contributed by atoms with Crippen molar-refractivity contribution in [3.8, 4) is 5.75 Å². The number of carbonyl (C=O) groups is 1. The van der Waals surface area contributed by atoms with Gasteiger partial charge in [0.2, 0.25) is 0 Å². The summed E-state index contributed by atoms with van der Waals surface area (Å²) in [6.07, 6.45) is 0. The van der Waals surface area contributed by atoms with Crippen LogP contribution in [-0.2, 0) is 4.74 Å². The van der Waals surface area contributed by atoms with Crippen LogP contribution in [0.4, 0.5) is 0 Å². The molecule has 0 saturated heterocycles. The average molecular weight is 228 g/mol. The minimum atomic E-state index is -0.363. The fourth-order valence-corrected chi connectivity index (χ4v) is 0.812. The molecular weight excluding hydrogens is 212 g/mol. The normalized spacial score (nSPS) is 8.94. The van der Waals surface area contributed by atoms with E-state index in [9.17, 15) is 4.79 Å². The first-order valence-electron chi connectivity index (χ1n) is 4.83. The van der Waals surface area contributed by atoms with Crippen molar-refractivity contribution in [2.45, 2.75) is 6.92 Å². The molecule has 1 aromatic carbocycles. The van der Waals surface area contributed by atoms with Gasteiger partial charge in [-0.05, 0) is 31.2 Å². The predicted octanol–water partition coefficient (Wildman–Crippen LogP) is 0.540. The first-order chi connectivity index (χ1) is 7.65. The van der Waals surface area contributed by atoms with E-state index >= 15 is 0 Å². The average Bonchev–Trinajstić information content (AvgIpc) is 2.30. The maximum atomic E-state index is 11.1. The van der Waals surface area contributed by atoms with Crippen LogP contribution in [0, 0.1) is 0 Å². The monoisotopic (exact) mass is 228 g/mol. The van der Waals surface area contributed by atoms with Crippen LogP contribution >= 0.6 is 0 Å². The Morgan fingerprint density at radius 2 is 1.69 bits per heavy atom. The van der Waals surface area contributed by atoms with Crippen molar-refractivity contribution in [1.29, 1.82) is 0 Å². The second kappa shape index (κ2) is 8.70. The maximum absolute atomic E-state index is 11.1. The lowest BCUT2D eigenvalue weighted by Crippen LogP contribution is -2.03. The van der Waals surface area contributed by atoms with Crippen LogP contribution in [0.15, 0.2) is 24.3 Å². The van der Waals surface area contributed by atoms with Crippen molar-refractivity contribution in [3.63, 3.8) is 0 Å². The number of esters is 1. The van der Waals surface area contributed by atoms with Crippen LogP contribution in [-0.4, -0.2) is 41.1 Å². The lowest BCUT2D eigenvalue weighted by atomic mass is 10.2. The molecule has 0 aliphatic carbocycles. The molecule has 0 radical (unpaired) electrons. The summed E-state index contributed by atoms with van der Waals surface area (Å²) < 4.78 is 4.75. The number of aliphatic hydroxyl groups excluding tert-OH is 2. The summed E-state index contributed by atoms with van der Waals surface area (Å²) in [5.41, 5.74) is 0.453. The second-order valence-electron chi connectivity index (χ2n) is 2.71. The maximum Gasteiger partial charge on any atom is 0.338 e. The summed E-state index contributed by atoms with van der Waals surface area (Å²) in [4.78, 5) is 11.1. The topological polar surface area (TPSA) is 87.0 Å². The molecule has 0 aliphatic rings. The number of benzene rings is 1. The zero-order valence-corrected chi connectivity index (χ0v) is 9.09. The van der Waals surface area contributed by atoms with E-state index in [4.69, 9.17) is 20.1 Å². The molecule has 0 spiro atoms. The molecule has 0 aromatic heterocycles. The molecule has 3 N–H and O–H groups in total. The standard InChI is InChI=1S/C9H10O3.C2H6O2/c1-2-12-9(11)7-3-5-8(10)6-4-7;3-1-2-4/h3-6,10H,2H2,1H3;3-4H,1-2H2. The third kappa shape index (κ3) is 6.00. The Morgan fingerprint density at radius 3 is 2.06 bits per heavy atom. The fraction of sp³-hybridized carbons (Fsp3) is 0.364. The van der Waals surface area contributed by atoms with Gasteiger partial charge < -0.3 is 20.1 Å². The highest BCUT2D eigenvalue weighted by atomic mass is 16.5. The van der Waals surface area contributed by atoms with E-state index in [1.807, 2.05) is 0 Å². The molecule has 90 valence electrons. The molecular formula is C11H16O5. The predicted molar refractivity (Wildman–Crippen MR) is 58.2 cm³/mol. The van der Waals surface area contributed by atoms with Gasteiger partial charge in [0, 0.05) is 0 Å². The highest BCUT2D eigenvalue weighted by Crippen LogP contribution is 2.10. The largest absolute Gasteiger partial charge is 0.508 e. The van der Waals surface area contributed by atoms with Crippen molar-refractivity contribution >= 4 is 5.97 Å². The van der Waals surface area contributed by atoms with Gasteiger partial charge in [-0.25, -0.2) is 4.79 Å². The summed E-state index contributed by atoms with van der Waals surface area (Å²) in [7, 11) is 0. The first-order valence-corrected chi connectivity index (χ1v) is 4.83. The number of phenolic OH excluding ortho intramolecular Hbond substituents is 1. The molecule has 5 heteroatoms. The van der Waals surface area contributed by atoms with Crippen LogP contribution in [0.25, 0.3) is 0 Å². The van der Waals surface area contributed by atoms with Crippen molar-refractivity contribution in [1.82, 2.24) is 0 Å². The Morgan fingerprint density at radius 1 is 1.19 bits per heavy atom. The third-order valence-electron chi connectivity index (χ3n) is 1.48. The molecule has 0 atom stereocenters. The van der Waals surface area contributed by atoms with Crippen molar-refractivity contribution in [2.24, 2.45) is 0 Å². The van der Waals surface area contributed by atoms with E-state index in [0.29, 0.717) is 12.2 Å². The Hall–Kier alpha value is -1.59. The van der Waals surface area contributed by atoms with Gasteiger partial charge in [-0.1, -0.05) is 0 Å². The van der Waals surface area contributed by atoms with Gasteiger partial charge in [0.1, 0.15) is 5.75 Å². The van der Waals surface area contributed by atoms with Crippen molar-refractivity contribution in [2.75, 3.05) is 19.8 Å². The Labute approximate surface area is 93.9 Å². The van der Waals surface area contributed by atoms with Gasteiger partial charge in [-0.15, -0.1) is 0 Å².